The number of carbonyl (C=O) groups excluding carboxylic acids is 1. The fourth-order valence-corrected chi connectivity index (χ4v) is 1.78. The van der Waals surface area contributed by atoms with Crippen LogP contribution in [0.1, 0.15) is 25.8 Å². The van der Waals surface area contributed by atoms with Crippen LogP contribution in [0.2, 0.25) is 0 Å². The number of methoxy groups -OCH3 is 2. The van der Waals surface area contributed by atoms with Crippen molar-refractivity contribution in [3.8, 4) is 11.5 Å². The quantitative estimate of drug-likeness (QED) is 0.743. The van der Waals surface area contributed by atoms with E-state index >= 15 is 0 Å². The maximum atomic E-state index is 11.7. The molecule has 0 amide bonds. The lowest BCUT2D eigenvalue weighted by atomic mass is 10.1. The molecule has 0 saturated carbocycles. The normalized spacial score (nSPS) is 12.1. The standard InChI is InChI=1S/C15H22O4/c1-10(2)8-14(15(16)18-5)19-12-7-6-11(3)9-13(12)17-4/h6-7,9-10,14H,8H2,1-5H3/t14-/m1/s1. The van der Waals surface area contributed by atoms with Crippen LogP contribution in [0, 0.1) is 12.8 Å². The van der Waals surface area contributed by atoms with Gasteiger partial charge in [0.2, 0.25) is 0 Å². The summed E-state index contributed by atoms with van der Waals surface area (Å²) in [5.74, 6) is 1.15. The van der Waals surface area contributed by atoms with Gasteiger partial charge in [-0.25, -0.2) is 4.79 Å². The van der Waals surface area contributed by atoms with Gasteiger partial charge in [-0.05, 0) is 37.0 Å². The van der Waals surface area contributed by atoms with Gasteiger partial charge in [-0.2, -0.15) is 0 Å². The molecule has 1 aromatic rings. The highest BCUT2D eigenvalue weighted by Gasteiger charge is 2.23. The van der Waals surface area contributed by atoms with Crippen LogP contribution in [0.5, 0.6) is 11.5 Å². The number of hydrogen-bond acceptors (Lipinski definition) is 4. The van der Waals surface area contributed by atoms with E-state index in [2.05, 4.69) is 0 Å². The zero-order valence-electron chi connectivity index (χ0n) is 12.2. The average Bonchev–Trinajstić information content (AvgIpc) is 2.38. The maximum absolute atomic E-state index is 11.7. The van der Waals surface area contributed by atoms with E-state index in [0.717, 1.165) is 5.56 Å². The van der Waals surface area contributed by atoms with Crippen molar-refractivity contribution in [2.75, 3.05) is 14.2 Å². The molecule has 1 aromatic carbocycles. The van der Waals surface area contributed by atoms with Gasteiger partial charge in [-0.15, -0.1) is 0 Å². The molecule has 0 aromatic heterocycles. The van der Waals surface area contributed by atoms with Crippen molar-refractivity contribution in [3.05, 3.63) is 23.8 Å². The van der Waals surface area contributed by atoms with Crippen LogP contribution < -0.4 is 9.47 Å². The Hall–Kier alpha value is -1.71. The molecule has 0 aliphatic heterocycles. The Bertz CT molecular complexity index is 426. The third-order valence-electron chi connectivity index (χ3n) is 2.74. The first kappa shape index (κ1) is 15.3. The number of esters is 1. The van der Waals surface area contributed by atoms with Gasteiger partial charge in [0.15, 0.2) is 17.6 Å². The maximum Gasteiger partial charge on any atom is 0.347 e. The topological polar surface area (TPSA) is 44.8 Å². The minimum Gasteiger partial charge on any atom is -0.493 e. The third-order valence-corrected chi connectivity index (χ3v) is 2.74. The molecule has 0 saturated heterocycles. The summed E-state index contributed by atoms with van der Waals surface area (Å²) in [4.78, 5) is 11.7. The van der Waals surface area contributed by atoms with E-state index in [1.54, 1.807) is 7.11 Å². The molecule has 0 bridgehead atoms. The summed E-state index contributed by atoms with van der Waals surface area (Å²) >= 11 is 0. The summed E-state index contributed by atoms with van der Waals surface area (Å²) in [6, 6.07) is 5.60. The van der Waals surface area contributed by atoms with E-state index < -0.39 is 6.10 Å². The minimum atomic E-state index is -0.610. The molecule has 19 heavy (non-hydrogen) atoms. The Morgan fingerprint density at radius 1 is 1.21 bits per heavy atom. The van der Waals surface area contributed by atoms with E-state index in [0.29, 0.717) is 23.8 Å². The van der Waals surface area contributed by atoms with Crippen molar-refractivity contribution in [1.29, 1.82) is 0 Å². The monoisotopic (exact) mass is 266 g/mol. The molecular formula is C15H22O4. The summed E-state index contributed by atoms with van der Waals surface area (Å²) in [5.41, 5.74) is 1.07. The van der Waals surface area contributed by atoms with Crippen LogP contribution >= 0.6 is 0 Å². The van der Waals surface area contributed by atoms with Crippen molar-refractivity contribution < 1.29 is 19.0 Å². The predicted octanol–water partition coefficient (Wildman–Crippen LogP) is 2.97. The Balaban J connectivity index is 2.92. The first-order valence-electron chi connectivity index (χ1n) is 6.37. The van der Waals surface area contributed by atoms with Gasteiger partial charge in [0.25, 0.3) is 0 Å². The van der Waals surface area contributed by atoms with Crippen molar-refractivity contribution >= 4 is 5.97 Å². The minimum absolute atomic E-state index is 0.334. The fourth-order valence-electron chi connectivity index (χ4n) is 1.78. The lowest BCUT2D eigenvalue weighted by Gasteiger charge is -2.20. The lowest BCUT2D eigenvalue weighted by molar-refractivity contribution is -0.149. The SMILES string of the molecule is COC(=O)[C@@H](CC(C)C)Oc1ccc(C)cc1OC. The molecule has 1 rings (SSSR count). The molecule has 4 heteroatoms. The zero-order chi connectivity index (χ0) is 14.4. The second kappa shape index (κ2) is 7.02. The van der Waals surface area contributed by atoms with Crippen LogP contribution in [0.15, 0.2) is 18.2 Å². The molecule has 0 unspecified atom stereocenters. The highest BCUT2D eigenvalue weighted by Crippen LogP contribution is 2.29. The Labute approximate surface area is 114 Å². The Morgan fingerprint density at radius 3 is 2.42 bits per heavy atom. The summed E-state index contributed by atoms with van der Waals surface area (Å²) in [6.45, 7) is 6.04. The molecular weight excluding hydrogens is 244 g/mol. The van der Waals surface area contributed by atoms with E-state index in [1.165, 1.54) is 7.11 Å². The van der Waals surface area contributed by atoms with Crippen LogP contribution in [0.25, 0.3) is 0 Å². The average molecular weight is 266 g/mol. The van der Waals surface area contributed by atoms with Crippen molar-refractivity contribution in [3.63, 3.8) is 0 Å². The van der Waals surface area contributed by atoms with Crippen LogP contribution in [0.4, 0.5) is 0 Å². The van der Waals surface area contributed by atoms with E-state index in [1.807, 2.05) is 39.0 Å². The molecule has 1 atom stereocenters. The smallest absolute Gasteiger partial charge is 0.347 e. The molecule has 0 aliphatic rings. The van der Waals surface area contributed by atoms with E-state index in [9.17, 15) is 4.79 Å². The Morgan fingerprint density at radius 2 is 1.89 bits per heavy atom. The summed E-state index contributed by atoms with van der Waals surface area (Å²) in [7, 11) is 2.95. The molecule has 4 nitrogen and oxygen atoms in total. The zero-order valence-corrected chi connectivity index (χ0v) is 12.2. The first-order chi connectivity index (χ1) is 8.97. The number of benzene rings is 1. The predicted molar refractivity (Wildman–Crippen MR) is 73.6 cm³/mol. The van der Waals surface area contributed by atoms with Crippen LogP contribution in [-0.2, 0) is 9.53 Å². The van der Waals surface area contributed by atoms with Gasteiger partial charge in [0.1, 0.15) is 0 Å². The van der Waals surface area contributed by atoms with Crippen molar-refractivity contribution in [2.24, 2.45) is 5.92 Å². The number of carbonyl (C=O) groups is 1. The number of aryl methyl sites for hydroxylation is 1. The van der Waals surface area contributed by atoms with Crippen molar-refractivity contribution in [1.82, 2.24) is 0 Å². The van der Waals surface area contributed by atoms with E-state index in [-0.39, 0.29) is 5.97 Å². The lowest BCUT2D eigenvalue weighted by Crippen LogP contribution is -2.30. The van der Waals surface area contributed by atoms with Gasteiger partial charge in [-0.1, -0.05) is 19.9 Å². The van der Waals surface area contributed by atoms with Gasteiger partial charge in [0, 0.05) is 0 Å². The molecule has 0 spiro atoms. The molecule has 0 aliphatic carbocycles. The number of rotatable bonds is 6. The summed E-state index contributed by atoms with van der Waals surface area (Å²) in [6.07, 6.45) is -0.00873. The first-order valence-corrected chi connectivity index (χ1v) is 6.37. The largest absolute Gasteiger partial charge is 0.493 e. The van der Waals surface area contributed by atoms with E-state index in [4.69, 9.17) is 14.2 Å². The third kappa shape index (κ3) is 4.47. The highest BCUT2D eigenvalue weighted by atomic mass is 16.6. The second-order valence-corrected chi connectivity index (χ2v) is 4.91. The summed E-state index contributed by atoms with van der Waals surface area (Å²) in [5, 5.41) is 0. The van der Waals surface area contributed by atoms with Gasteiger partial charge in [-0.3, -0.25) is 0 Å². The van der Waals surface area contributed by atoms with Gasteiger partial charge < -0.3 is 14.2 Å². The van der Waals surface area contributed by atoms with Crippen LogP contribution in [0.3, 0.4) is 0 Å². The molecule has 0 heterocycles. The summed E-state index contributed by atoms with van der Waals surface area (Å²) < 4.78 is 15.8. The number of hydrogen-bond donors (Lipinski definition) is 0. The Kier molecular flexibility index (Phi) is 5.67. The molecule has 0 radical (unpaired) electrons. The van der Waals surface area contributed by atoms with Crippen LogP contribution in [-0.4, -0.2) is 26.3 Å². The van der Waals surface area contributed by atoms with Crippen molar-refractivity contribution in [2.45, 2.75) is 33.3 Å². The highest BCUT2D eigenvalue weighted by molar-refractivity contribution is 5.75. The van der Waals surface area contributed by atoms with Gasteiger partial charge >= 0.3 is 5.97 Å². The molecule has 0 N–H and O–H groups in total. The van der Waals surface area contributed by atoms with Gasteiger partial charge in [0.05, 0.1) is 14.2 Å². The fraction of sp³-hybridized carbons (Fsp3) is 0.533. The molecule has 0 fully saturated rings. The number of ether oxygens (including phenoxy) is 3. The second-order valence-electron chi connectivity index (χ2n) is 4.91. The molecule has 106 valence electrons.